The second-order valence-electron chi connectivity index (χ2n) is 10.9. The fraction of sp³-hybridized carbons (Fsp3) is 0.481. The van der Waals surface area contributed by atoms with Gasteiger partial charge in [-0.3, -0.25) is 0 Å². The van der Waals surface area contributed by atoms with Gasteiger partial charge < -0.3 is 0 Å². The van der Waals surface area contributed by atoms with Crippen LogP contribution in [0, 0.1) is 6.92 Å². The molecule has 2 heterocycles. The fourth-order valence-electron chi connectivity index (χ4n) is 3.75. The number of unbranched alkanes of at least 4 members (excludes halogenated alkanes) is 3. The summed E-state index contributed by atoms with van der Waals surface area (Å²) in [5.74, 6) is 1.06. The molecule has 3 rings (SSSR count). The van der Waals surface area contributed by atoms with Crippen molar-refractivity contribution in [3.8, 4) is 26.6 Å². The third-order valence-electron chi connectivity index (χ3n) is 5.80. The predicted octanol–water partition coefficient (Wildman–Crippen LogP) is 8.50. The zero-order valence-corrected chi connectivity index (χ0v) is 28.6. The Labute approximate surface area is 212 Å². The Kier molecular flexibility index (Phi) is 9.29. The normalized spacial score (nSPS) is 12.4. The quantitative estimate of drug-likeness (QED) is 0.154. The molecule has 1 nitrogen and oxygen atoms in total. The monoisotopic (exact) mass is 684 g/mol. The molecule has 0 atom stereocenters. The molecule has 1 aromatic carbocycles. The number of ether oxygens (including phenoxy) is 1. The van der Waals surface area contributed by atoms with Gasteiger partial charge in [0.25, 0.3) is 0 Å². The van der Waals surface area contributed by atoms with Crippen molar-refractivity contribution < 1.29 is 4.74 Å². The van der Waals surface area contributed by atoms with Crippen molar-refractivity contribution in [2.45, 2.75) is 69.2 Å². The van der Waals surface area contributed by atoms with Crippen LogP contribution in [0.5, 0.6) is 5.75 Å². The molecule has 3 aromatic rings. The van der Waals surface area contributed by atoms with Crippen molar-refractivity contribution in [2.75, 3.05) is 6.61 Å². The van der Waals surface area contributed by atoms with Crippen LogP contribution in [0.4, 0.5) is 0 Å². The van der Waals surface area contributed by atoms with Crippen molar-refractivity contribution in [2.24, 2.45) is 0 Å². The standard InChI is InChI=1S/C21H22OS2.6CH3.2Sn/c1-3-4-5-6-11-22-19-15-17(20-9-7-12-23-20)16(2)14-18(19)21-10-8-13-24-21;;;;;;;;/h7-10,14-15H,3-6,11H2,1-2H3;6*1H3;;. The Morgan fingerprint density at radius 3 is 1.78 bits per heavy atom. The van der Waals surface area contributed by atoms with Crippen molar-refractivity contribution in [3.05, 3.63) is 42.0 Å². The van der Waals surface area contributed by atoms with Gasteiger partial charge in [-0.2, -0.15) is 0 Å². The Hall–Kier alpha value is 0.0174. The molecule has 32 heavy (non-hydrogen) atoms. The molecular weight excluding hydrogens is 642 g/mol. The van der Waals surface area contributed by atoms with Crippen molar-refractivity contribution in [1.29, 1.82) is 0 Å². The van der Waals surface area contributed by atoms with E-state index in [0.29, 0.717) is 0 Å². The molecule has 0 spiro atoms. The minimum absolute atomic E-state index is 0.806. The number of hydrogen-bond donors (Lipinski definition) is 0. The van der Waals surface area contributed by atoms with Gasteiger partial charge in [0.05, 0.1) is 0 Å². The van der Waals surface area contributed by atoms with Crippen molar-refractivity contribution in [1.82, 2.24) is 0 Å². The van der Waals surface area contributed by atoms with Crippen LogP contribution in [0.25, 0.3) is 20.9 Å². The maximum atomic E-state index is 6.47. The summed E-state index contributed by atoms with van der Waals surface area (Å²) in [6.07, 6.45) is 4.93. The van der Waals surface area contributed by atoms with Gasteiger partial charge in [-0.05, 0) is 0 Å². The second kappa shape index (κ2) is 11.2. The molecule has 0 unspecified atom stereocenters. The molecule has 0 saturated carbocycles. The Morgan fingerprint density at radius 1 is 0.719 bits per heavy atom. The van der Waals surface area contributed by atoms with Crippen molar-refractivity contribution >= 4 is 65.2 Å². The van der Waals surface area contributed by atoms with E-state index >= 15 is 0 Å². The van der Waals surface area contributed by atoms with Gasteiger partial charge >= 0.3 is 214 Å². The number of thiophene rings is 2. The fourth-order valence-corrected chi connectivity index (χ4v) is 16.4. The number of rotatable bonds is 10. The van der Waals surface area contributed by atoms with E-state index in [-0.39, 0.29) is 0 Å². The zero-order chi connectivity index (χ0) is 23.5. The summed E-state index contributed by atoms with van der Waals surface area (Å²) in [5.41, 5.74) is 3.97. The van der Waals surface area contributed by atoms with E-state index in [9.17, 15) is 0 Å². The third kappa shape index (κ3) is 6.79. The van der Waals surface area contributed by atoms with E-state index in [1.165, 1.54) is 45.7 Å². The van der Waals surface area contributed by atoms with Gasteiger partial charge in [0.15, 0.2) is 0 Å². The van der Waals surface area contributed by atoms with Gasteiger partial charge in [0.2, 0.25) is 0 Å². The number of aryl methyl sites for hydroxylation is 1. The van der Waals surface area contributed by atoms with E-state index in [1.807, 2.05) is 22.7 Å². The summed E-state index contributed by atoms with van der Waals surface area (Å²) >= 11 is -0.114. The summed E-state index contributed by atoms with van der Waals surface area (Å²) in [5, 5.41) is 0. The molecule has 0 saturated heterocycles. The number of benzene rings is 1. The Bertz CT molecular complexity index is 1030. The van der Waals surface area contributed by atoms with Crippen LogP contribution < -0.4 is 10.5 Å². The predicted molar refractivity (Wildman–Crippen MR) is 153 cm³/mol. The summed E-state index contributed by atoms with van der Waals surface area (Å²) < 4.78 is 9.74. The molecular formula is C27H40OS2Sn2. The van der Waals surface area contributed by atoms with Crippen molar-refractivity contribution in [3.63, 3.8) is 0 Å². The molecule has 0 aliphatic heterocycles. The number of hydrogen-bond acceptors (Lipinski definition) is 3. The maximum absolute atomic E-state index is 6.47. The van der Waals surface area contributed by atoms with Gasteiger partial charge in [0, 0.05) is 0 Å². The molecule has 0 amide bonds. The summed E-state index contributed by atoms with van der Waals surface area (Å²) in [6.45, 7) is 5.33. The van der Waals surface area contributed by atoms with E-state index in [2.05, 4.69) is 79.9 Å². The average Bonchev–Trinajstić information content (AvgIpc) is 3.38. The van der Waals surface area contributed by atoms with Crippen LogP contribution in [-0.2, 0) is 0 Å². The molecule has 0 N–H and O–H groups in total. The van der Waals surface area contributed by atoms with Crippen LogP contribution in [-0.4, -0.2) is 43.4 Å². The average molecular weight is 682 g/mol. The first-order valence-electron chi connectivity index (χ1n) is 12.0. The van der Waals surface area contributed by atoms with Crippen LogP contribution in [0.15, 0.2) is 36.4 Å². The molecule has 0 radical (unpaired) electrons. The summed E-state index contributed by atoms with van der Waals surface area (Å²) in [7, 11) is 0. The summed E-state index contributed by atoms with van der Waals surface area (Å²) in [6, 6.07) is 14.1. The molecule has 5 heteroatoms. The summed E-state index contributed by atoms with van der Waals surface area (Å²) in [4.78, 5) is 17.8. The first-order valence-corrected chi connectivity index (χ1v) is 33.6. The SMILES string of the molecule is CCCCCCOc1cc(-c2cc[c]([Sn]([CH3])([CH3])[CH3])s2)c(C)cc1-c1cc[c]([Sn]([CH3])([CH3])[CH3])s1. The van der Waals surface area contributed by atoms with E-state index in [4.69, 9.17) is 4.74 Å². The van der Waals surface area contributed by atoms with Crippen LogP contribution in [0.1, 0.15) is 38.2 Å². The molecule has 0 fully saturated rings. The zero-order valence-electron chi connectivity index (χ0n) is 21.2. The first-order chi connectivity index (χ1) is 15.0. The Morgan fingerprint density at radius 2 is 1.28 bits per heavy atom. The minimum atomic E-state index is -2.07. The molecule has 174 valence electrons. The molecule has 2 aromatic heterocycles. The van der Waals surface area contributed by atoms with Gasteiger partial charge in [-0.25, -0.2) is 0 Å². The van der Waals surface area contributed by atoms with E-state index in [0.717, 1.165) is 18.8 Å². The van der Waals surface area contributed by atoms with E-state index < -0.39 is 36.8 Å². The first kappa shape index (κ1) is 26.6. The second-order valence-corrected chi connectivity index (χ2v) is 43.9. The topological polar surface area (TPSA) is 9.23 Å². The van der Waals surface area contributed by atoms with Gasteiger partial charge in [0.1, 0.15) is 0 Å². The molecule has 0 bridgehead atoms. The van der Waals surface area contributed by atoms with E-state index in [1.54, 1.807) is 5.79 Å². The van der Waals surface area contributed by atoms with Gasteiger partial charge in [-0.1, -0.05) is 0 Å². The molecule has 0 aliphatic rings. The van der Waals surface area contributed by atoms with Crippen LogP contribution in [0.3, 0.4) is 0 Å². The molecule has 0 aliphatic carbocycles. The van der Waals surface area contributed by atoms with Crippen LogP contribution >= 0.6 is 22.7 Å². The van der Waals surface area contributed by atoms with Crippen LogP contribution in [0.2, 0.25) is 29.6 Å². The van der Waals surface area contributed by atoms with Gasteiger partial charge in [-0.15, -0.1) is 0 Å². The Balaban J connectivity index is 1.99. The third-order valence-corrected chi connectivity index (χ3v) is 27.0.